The maximum atomic E-state index is 5.09. The van der Waals surface area contributed by atoms with Crippen LogP contribution in [0.4, 0.5) is 0 Å². The van der Waals surface area contributed by atoms with Crippen molar-refractivity contribution in [3.8, 4) is 39.3 Å². The molecule has 7 aromatic rings. The van der Waals surface area contributed by atoms with E-state index in [1.54, 1.807) is 0 Å². The summed E-state index contributed by atoms with van der Waals surface area (Å²) >= 11 is 3.80. The van der Waals surface area contributed by atoms with E-state index in [-0.39, 0.29) is 0 Å². The van der Waals surface area contributed by atoms with Crippen molar-refractivity contribution in [3.05, 3.63) is 144 Å². The van der Waals surface area contributed by atoms with Gasteiger partial charge in [0.15, 0.2) is 0 Å². The summed E-state index contributed by atoms with van der Waals surface area (Å²) in [6.45, 7) is 0. The molecule has 7 rings (SSSR count). The van der Waals surface area contributed by atoms with Crippen molar-refractivity contribution in [1.29, 1.82) is 0 Å². The summed E-state index contributed by atoms with van der Waals surface area (Å²) in [6.07, 6.45) is 0. The van der Waals surface area contributed by atoms with E-state index in [1.807, 2.05) is 6.07 Å². The Bertz CT molecular complexity index is 1850. The molecule has 3 heteroatoms. The van der Waals surface area contributed by atoms with Gasteiger partial charge in [-0.05, 0) is 63.5 Å². The highest BCUT2D eigenvalue weighted by Crippen LogP contribution is 2.37. The number of fused-ring (bicyclic) bond motifs is 3. The highest BCUT2D eigenvalue weighted by molar-refractivity contribution is 9.10. The van der Waals surface area contributed by atoms with Crippen molar-refractivity contribution in [2.75, 3.05) is 0 Å². The van der Waals surface area contributed by atoms with Gasteiger partial charge < -0.3 is 4.57 Å². The second-order valence-corrected chi connectivity index (χ2v) is 10.2. The first-order chi connectivity index (χ1) is 18.8. The number of para-hydroxylation sites is 2. The molecule has 2 nitrogen and oxygen atoms in total. The average Bonchev–Trinajstić information content (AvgIpc) is 3.34. The van der Waals surface area contributed by atoms with Crippen LogP contribution >= 0.6 is 15.9 Å². The first-order valence-electron chi connectivity index (χ1n) is 12.7. The molecular weight excluding hydrogens is 528 g/mol. The molecule has 38 heavy (non-hydrogen) atoms. The molecule has 0 radical (unpaired) electrons. The van der Waals surface area contributed by atoms with Crippen LogP contribution in [0, 0.1) is 0 Å². The van der Waals surface area contributed by atoms with Crippen LogP contribution in [0.2, 0.25) is 0 Å². The summed E-state index contributed by atoms with van der Waals surface area (Å²) in [5.41, 5.74) is 9.95. The van der Waals surface area contributed by atoms with E-state index in [0.717, 1.165) is 38.2 Å². The number of hydrogen-bond donors (Lipinski definition) is 0. The van der Waals surface area contributed by atoms with E-state index in [2.05, 4.69) is 154 Å². The van der Waals surface area contributed by atoms with Gasteiger partial charge in [-0.15, -0.1) is 0 Å². The zero-order valence-corrected chi connectivity index (χ0v) is 22.1. The van der Waals surface area contributed by atoms with E-state index in [9.17, 15) is 0 Å². The van der Waals surface area contributed by atoms with Gasteiger partial charge in [-0.1, -0.05) is 103 Å². The lowest BCUT2D eigenvalue weighted by Gasteiger charge is -2.12. The summed E-state index contributed by atoms with van der Waals surface area (Å²) in [6, 6.07) is 49.0. The Kier molecular flexibility index (Phi) is 5.64. The van der Waals surface area contributed by atoms with Crippen LogP contribution in [0.3, 0.4) is 0 Å². The van der Waals surface area contributed by atoms with Gasteiger partial charge in [-0.25, -0.2) is 4.98 Å². The van der Waals surface area contributed by atoms with Gasteiger partial charge in [0.05, 0.1) is 22.4 Å². The fourth-order valence-corrected chi connectivity index (χ4v) is 5.80. The topological polar surface area (TPSA) is 17.8 Å². The minimum absolute atomic E-state index is 0.958. The minimum Gasteiger partial charge on any atom is -0.308 e. The summed E-state index contributed by atoms with van der Waals surface area (Å²) in [5, 5.41) is 2.49. The minimum atomic E-state index is 0.958. The van der Waals surface area contributed by atoms with Crippen molar-refractivity contribution in [1.82, 2.24) is 9.55 Å². The lowest BCUT2D eigenvalue weighted by atomic mass is 10.00. The third kappa shape index (κ3) is 3.93. The van der Waals surface area contributed by atoms with Gasteiger partial charge >= 0.3 is 0 Å². The van der Waals surface area contributed by atoms with Gasteiger partial charge in [0.1, 0.15) is 0 Å². The standard InChI is InChI=1S/C35H23BrN2/c36-31-16-9-15-30-29-14-7-8-17-34(29)38(35(30)31)28-20-18-26(19-21-28)33-23-27(24-10-3-1-4-11-24)22-32(37-33)25-12-5-2-6-13-25/h1-23H. The van der Waals surface area contributed by atoms with E-state index in [1.165, 1.54) is 27.4 Å². The molecule has 0 fully saturated rings. The quantitative estimate of drug-likeness (QED) is 0.213. The lowest BCUT2D eigenvalue weighted by Crippen LogP contribution is -1.95. The molecule has 0 amide bonds. The van der Waals surface area contributed by atoms with E-state index in [4.69, 9.17) is 4.98 Å². The third-order valence-corrected chi connectivity index (χ3v) is 7.71. The van der Waals surface area contributed by atoms with Crippen LogP contribution < -0.4 is 0 Å². The molecule has 0 bridgehead atoms. The number of pyridine rings is 1. The van der Waals surface area contributed by atoms with Crippen LogP contribution in [-0.2, 0) is 0 Å². The van der Waals surface area contributed by atoms with Gasteiger partial charge in [0.25, 0.3) is 0 Å². The maximum absolute atomic E-state index is 5.09. The van der Waals surface area contributed by atoms with Crippen molar-refractivity contribution in [2.45, 2.75) is 0 Å². The number of nitrogens with zero attached hydrogens (tertiary/aromatic N) is 2. The van der Waals surface area contributed by atoms with Crippen molar-refractivity contribution < 1.29 is 0 Å². The molecule has 2 heterocycles. The molecule has 0 saturated heterocycles. The van der Waals surface area contributed by atoms with Crippen molar-refractivity contribution in [2.24, 2.45) is 0 Å². The molecule has 0 aliphatic heterocycles. The summed E-state index contributed by atoms with van der Waals surface area (Å²) in [5.74, 6) is 0. The summed E-state index contributed by atoms with van der Waals surface area (Å²) < 4.78 is 3.42. The van der Waals surface area contributed by atoms with Crippen LogP contribution in [0.25, 0.3) is 61.1 Å². The van der Waals surface area contributed by atoms with E-state index >= 15 is 0 Å². The summed E-state index contributed by atoms with van der Waals surface area (Å²) in [4.78, 5) is 5.09. The molecular formula is C35H23BrN2. The van der Waals surface area contributed by atoms with Crippen LogP contribution in [0.1, 0.15) is 0 Å². The average molecular weight is 551 g/mol. The Hall–Kier alpha value is -4.47. The van der Waals surface area contributed by atoms with Gasteiger partial charge in [0, 0.05) is 32.1 Å². The van der Waals surface area contributed by atoms with Gasteiger partial charge in [-0.2, -0.15) is 0 Å². The van der Waals surface area contributed by atoms with Crippen molar-refractivity contribution >= 4 is 37.7 Å². The van der Waals surface area contributed by atoms with Crippen molar-refractivity contribution in [3.63, 3.8) is 0 Å². The zero-order valence-electron chi connectivity index (χ0n) is 20.6. The normalized spacial score (nSPS) is 11.3. The SMILES string of the molecule is Brc1cccc2c3ccccc3n(-c3ccc(-c4cc(-c5ccccc5)cc(-c5ccccc5)n4)cc3)c12. The monoisotopic (exact) mass is 550 g/mol. The maximum Gasteiger partial charge on any atom is 0.0715 e. The van der Waals surface area contributed by atoms with Crippen LogP contribution in [-0.4, -0.2) is 9.55 Å². The Balaban J connectivity index is 1.38. The summed E-state index contributed by atoms with van der Waals surface area (Å²) in [7, 11) is 0. The predicted molar refractivity (Wildman–Crippen MR) is 163 cm³/mol. The Morgan fingerprint density at radius 2 is 1.05 bits per heavy atom. The number of halogens is 1. The second-order valence-electron chi connectivity index (χ2n) is 9.39. The molecule has 180 valence electrons. The molecule has 0 atom stereocenters. The van der Waals surface area contributed by atoms with Gasteiger partial charge in [0.2, 0.25) is 0 Å². The Labute approximate surface area is 230 Å². The molecule has 2 aromatic heterocycles. The molecule has 0 unspecified atom stereocenters. The first-order valence-corrected chi connectivity index (χ1v) is 13.5. The Morgan fingerprint density at radius 3 is 1.76 bits per heavy atom. The second kappa shape index (κ2) is 9.44. The fraction of sp³-hybridized carbons (Fsp3) is 0. The molecule has 0 aliphatic carbocycles. The predicted octanol–water partition coefficient (Wildman–Crippen LogP) is 9.94. The molecule has 0 saturated carbocycles. The van der Waals surface area contributed by atoms with Gasteiger partial charge in [-0.3, -0.25) is 0 Å². The number of aromatic nitrogens is 2. The number of rotatable bonds is 4. The molecule has 0 spiro atoms. The number of benzene rings is 5. The van der Waals surface area contributed by atoms with E-state index < -0.39 is 0 Å². The highest BCUT2D eigenvalue weighted by Gasteiger charge is 2.15. The molecule has 5 aromatic carbocycles. The first kappa shape index (κ1) is 22.7. The molecule has 0 aliphatic rings. The van der Waals surface area contributed by atoms with Crippen LogP contribution in [0.5, 0.6) is 0 Å². The number of hydrogen-bond acceptors (Lipinski definition) is 1. The highest BCUT2D eigenvalue weighted by atomic mass is 79.9. The lowest BCUT2D eigenvalue weighted by molar-refractivity contribution is 1.17. The fourth-order valence-electron chi connectivity index (χ4n) is 5.26. The largest absolute Gasteiger partial charge is 0.308 e. The third-order valence-electron chi connectivity index (χ3n) is 7.07. The van der Waals surface area contributed by atoms with E-state index in [0.29, 0.717) is 0 Å². The van der Waals surface area contributed by atoms with Crippen LogP contribution in [0.15, 0.2) is 144 Å². The smallest absolute Gasteiger partial charge is 0.0715 e. The Morgan fingerprint density at radius 1 is 0.474 bits per heavy atom. The zero-order chi connectivity index (χ0) is 25.5. The molecule has 0 N–H and O–H groups in total.